The number of aromatic amines is 2. The molecule has 2 N–H and O–H groups in total. The van der Waals surface area contributed by atoms with Gasteiger partial charge in [0.25, 0.3) is 5.56 Å². The highest BCUT2D eigenvalue weighted by Crippen LogP contribution is 2.26. The van der Waals surface area contributed by atoms with E-state index in [0.717, 1.165) is 40.6 Å². The highest BCUT2D eigenvalue weighted by atomic mass is 32.2. The lowest BCUT2D eigenvalue weighted by atomic mass is 10.1. The molecule has 27 heavy (non-hydrogen) atoms. The molecular weight excluding hydrogens is 362 g/mol. The van der Waals surface area contributed by atoms with Crippen LogP contribution in [0.5, 0.6) is 0 Å². The summed E-state index contributed by atoms with van der Waals surface area (Å²) >= 11 is 1.67. The standard InChI is InChI=1S/C19H23N5O2S/c1-4-5-8-27-19-23-22-16(10-14-11-17(25)21-18(26)20-14)24(19)15-9-12(2)6-7-13(15)3/h6-7,9,11H,4-5,8,10H2,1-3H3,(H2,20,21,25,26). The van der Waals surface area contributed by atoms with Gasteiger partial charge in [0.05, 0.1) is 5.69 Å². The number of rotatable bonds is 7. The largest absolute Gasteiger partial charge is 0.325 e. The minimum Gasteiger partial charge on any atom is -0.311 e. The van der Waals surface area contributed by atoms with Crippen LogP contribution in [-0.2, 0) is 6.42 Å². The summed E-state index contributed by atoms with van der Waals surface area (Å²) in [6.45, 7) is 6.25. The highest BCUT2D eigenvalue weighted by molar-refractivity contribution is 7.99. The summed E-state index contributed by atoms with van der Waals surface area (Å²) in [5.74, 6) is 1.64. The number of benzene rings is 1. The molecule has 0 aliphatic heterocycles. The highest BCUT2D eigenvalue weighted by Gasteiger charge is 2.17. The zero-order valence-corrected chi connectivity index (χ0v) is 16.5. The molecule has 7 nitrogen and oxygen atoms in total. The van der Waals surface area contributed by atoms with Crippen molar-refractivity contribution in [1.82, 2.24) is 24.7 Å². The number of H-pyrrole nitrogens is 2. The van der Waals surface area contributed by atoms with Crippen LogP contribution in [0, 0.1) is 13.8 Å². The fourth-order valence-electron chi connectivity index (χ4n) is 2.80. The third-order valence-electron chi connectivity index (χ3n) is 4.20. The quantitative estimate of drug-likeness (QED) is 0.481. The molecule has 0 amide bonds. The predicted octanol–water partition coefficient (Wildman–Crippen LogP) is 2.74. The van der Waals surface area contributed by atoms with Gasteiger partial charge in [0.2, 0.25) is 0 Å². The molecule has 0 spiro atoms. The first-order valence-corrected chi connectivity index (χ1v) is 9.93. The maximum Gasteiger partial charge on any atom is 0.325 e. The first-order valence-electron chi connectivity index (χ1n) is 8.95. The van der Waals surface area contributed by atoms with Crippen molar-refractivity contribution < 1.29 is 0 Å². The molecule has 2 aromatic heterocycles. The van der Waals surface area contributed by atoms with Gasteiger partial charge in [-0.2, -0.15) is 0 Å². The van der Waals surface area contributed by atoms with Crippen LogP contribution < -0.4 is 11.2 Å². The van der Waals surface area contributed by atoms with E-state index in [1.165, 1.54) is 6.07 Å². The maximum atomic E-state index is 11.6. The zero-order valence-electron chi connectivity index (χ0n) is 15.7. The third kappa shape index (κ3) is 4.57. The molecule has 0 fully saturated rings. The van der Waals surface area contributed by atoms with Gasteiger partial charge in [-0.15, -0.1) is 10.2 Å². The van der Waals surface area contributed by atoms with Crippen molar-refractivity contribution in [1.29, 1.82) is 0 Å². The van der Waals surface area contributed by atoms with E-state index >= 15 is 0 Å². The number of nitrogens with one attached hydrogen (secondary N) is 2. The summed E-state index contributed by atoms with van der Waals surface area (Å²) in [5.41, 5.74) is 2.83. The van der Waals surface area contributed by atoms with Gasteiger partial charge < -0.3 is 4.98 Å². The van der Waals surface area contributed by atoms with Gasteiger partial charge in [-0.25, -0.2) is 4.79 Å². The van der Waals surface area contributed by atoms with Crippen LogP contribution in [0.15, 0.2) is 39.0 Å². The van der Waals surface area contributed by atoms with Crippen molar-refractivity contribution in [3.05, 3.63) is 67.7 Å². The second-order valence-corrected chi connectivity index (χ2v) is 7.58. The smallest absolute Gasteiger partial charge is 0.311 e. The van der Waals surface area contributed by atoms with E-state index in [2.05, 4.69) is 45.3 Å². The van der Waals surface area contributed by atoms with Crippen molar-refractivity contribution in [2.24, 2.45) is 0 Å². The van der Waals surface area contributed by atoms with Crippen molar-refractivity contribution in [3.63, 3.8) is 0 Å². The van der Waals surface area contributed by atoms with Crippen LogP contribution in [0.2, 0.25) is 0 Å². The maximum absolute atomic E-state index is 11.6. The number of thioether (sulfide) groups is 1. The van der Waals surface area contributed by atoms with E-state index < -0.39 is 11.2 Å². The van der Waals surface area contributed by atoms with E-state index in [-0.39, 0.29) is 0 Å². The molecule has 0 saturated carbocycles. The van der Waals surface area contributed by atoms with E-state index in [0.29, 0.717) is 17.9 Å². The summed E-state index contributed by atoms with van der Waals surface area (Å²) < 4.78 is 2.03. The molecule has 3 aromatic rings. The molecule has 0 radical (unpaired) electrons. The Hall–Kier alpha value is -2.61. The minimum absolute atomic E-state index is 0.313. The minimum atomic E-state index is -0.521. The molecule has 8 heteroatoms. The monoisotopic (exact) mass is 385 g/mol. The predicted molar refractivity (Wildman–Crippen MR) is 107 cm³/mol. The molecule has 0 saturated heterocycles. The molecule has 2 heterocycles. The first-order chi connectivity index (χ1) is 13.0. The van der Waals surface area contributed by atoms with E-state index in [9.17, 15) is 9.59 Å². The Kier molecular flexibility index (Phi) is 5.95. The lowest BCUT2D eigenvalue weighted by Crippen LogP contribution is -2.23. The number of unbranched alkanes of at least 4 members (excludes halogenated alkanes) is 1. The van der Waals surface area contributed by atoms with Crippen molar-refractivity contribution in [2.45, 2.75) is 45.2 Å². The van der Waals surface area contributed by atoms with Crippen molar-refractivity contribution in [2.75, 3.05) is 5.75 Å². The summed E-state index contributed by atoms with van der Waals surface area (Å²) in [4.78, 5) is 28.0. The second kappa shape index (κ2) is 8.39. The number of nitrogens with zero attached hydrogens (tertiary/aromatic N) is 3. The Bertz CT molecular complexity index is 1020. The Balaban J connectivity index is 2.06. The summed E-state index contributed by atoms with van der Waals surface area (Å²) in [6, 6.07) is 7.63. The van der Waals surface area contributed by atoms with E-state index in [1.807, 2.05) is 18.4 Å². The number of hydrogen-bond donors (Lipinski definition) is 2. The van der Waals surface area contributed by atoms with Gasteiger partial charge in [0.15, 0.2) is 5.16 Å². The molecule has 0 aliphatic carbocycles. The van der Waals surface area contributed by atoms with Gasteiger partial charge in [0.1, 0.15) is 5.82 Å². The van der Waals surface area contributed by atoms with Crippen LogP contribution in [0.3, 0.4) is 0 Å². The summed E-state index contributed by atoms with van der Waals surface area (Å²) in [6.07, 6.45) is 2.53. The molecule has 3 rings (SSSR count). The molecular formula is C19H23N5O2S. The van der Waals surface area contributed by atoms with Gasteiger partial charge in [-0.05, 0) is 37.5 Å². The Labute approximate surface area is 161 Å². The third-order valence-corrected chi connectivity index (χ3v) is 5.21. The number of aryl methyl sites for hydroxylation is 2. The molecule has 0 atom stereocenters. The molecule has 0 bridgehead atoms. The number of aromatic nitrogens is 5. The normalized spacial score (nSPS) is 11.1. The topological polar surface area (TPSA) is 96.4 Å². The van der Waals surface area contributed by atoms with Gasteiger partial charge in [-0.1, -0.05) is 37.2 Å². The Morgan fingerprint density at radius 2 is 1.93 bits per heavy atom. The molecule has 142 valence electrons. The lowest BCUT2D eigenvalue weighted by molar-refractivity contribution is 0.820. The average molecular weight is 385 g/mol. The van der Waals surface area contributed by atoms with Gasteiger partial charge >= 0.3 is 5.69 Å². The van der Waals surface area contributed by atoms with Crippen LogP contribution >= 0.6 is 11.8 Å². The second-order valence-electron chi connectivity index (χ2n) is 6.52. The van der Waals surface area contributed by atoms with E-state index in [4.69, 9.17) is 0 Å². The summed E-state index contributed by atoms with van der Waals surface area (Å²) in [7, 11) is 0. The fraction of sp³-hybridized carbons (Fsp3) is 0.368. The van der Waals surface area contributed by atoms with Crippen LogP contribution in [0.25, 0.3) is 5.69 Å². The SMILES string of the molecule is CCCCSc1nnc(Cc2cc(=O)[nH]c(=O)[nH]2)n1-c1cc(C)ccc1C. The van der Waals surface area contributed by atoms with Crippen LogP contribution in [0.1, 0.15) is 42.4 Å². The van der Waals surface area contributed by atoms with E-state index in [1.54, 1.807) is 11.8 Å². The number of hydrogen-bond acceptors (Lipinski definition) is 5. The van der Waals surface area contributed by atoms with Crippen LogP contribution in [-0.4, -0.2) is 30.5 Å². The Morgan fingerprint density at radius 1 is 1.11 bits per heavy atom. The average Bonchev–Trinajstić information content (AvgIpc) is 2.99. The van der Waals surface area contributed by atoms with Crippen molar-refractivity contribution in [3.8, 4) is 5.69 Å². The Morgan fingerprint density at radius 3 is 2.67 bits per heavy atom. The van der Waals surface area contributed by atoms with Crippen molar-refractivity contribution >= 4 is 11.8 Å². The first kappa shape index (κ1) is 19.2. The molecule has 0 aliphatic rings. The molecule has 0 unspecified atom stereocenters. The van der Waals surface area contributed by atoms with Gasteiger partial charge in [0, 0.05) is 23.9 Å². The zero-order chi connectivity index (χ0) is 19.4. The van der Waals surface area contributed by atoms with Crippen LogP contribution in [0.4, 0.5) is 0 Å². The molecule has 1 aromatic carbocycles. The fourth-order valence-corrected chi connectivity index (χ4v) is 3.85. The van der Waals surface area contributed by atoms with Gasteiger partial charge in [-0.3, -0.25) is 14.3 Å². The summed E-state index contributed by atoms with van der Waals surface area (Å²) in [5, 5.41) is 9.55. The lowest BCUT2D eigenvalue weighted by Gasteiger charge is -2.13.